The largest absolute Gasteiger partial charge is 0.298 e. The molecule has 0 aliphatic carbocycles. The maximum Gasteiger partial charge on any atom is 0.0233 e. The van der Waals surface area contributed by atoms with Gasteiger partial charge in [-0.1, -0.05) is 75.4 Å². The Morgan fingerprint density at radius 2 is 1.68 bits per heavy atom. The van der Waals surface area contributed by atoms with Gasteiger partial charge >= 0.3 is 0 Å². The fraction of sp³-hybridized carbons (Fsp3) is 0.429. The molecule has 1 aliphatic rings. The molecule has 118 valence electrons. The third-order valence-corrected chi connectivity index (χ3v) is 4.35. The number of hydrogen-bond acceptors (Lipinski definition) is 1. The molecule has 1 heterocycles. The summed E-state index contributed by atoms with van der Waals surface area (Å²) in [6.45, 7) is 9.73. The van der Waals surface area contributed by atoms with Crippen LogP contribution in [0, 0.1) is 0 Å². The lowest BCUT2D eigenvalue weighted by molar-refractivity contribution is 0.327. The molecule has 0 spiro atoms. The first-order valence-corrected chi connectivity index (χ1v) is 8.70. The van der Waals surface area contributed by atoms with E-state index in [1.54, 1.807) is 0 Å². The lowest BCUT2D eigenvalue weighted by Gasteiger charge is -2.16. The van der Waals surface area contributed by atoms with E-state index in [0.29, 0.717) is 5.92 Å². The molecular weight excluding hydrogens is 266 g/mol. The van der Waals surface area contributed by atoms with Crippen LogP contribution in [0.2, 0.25) is 0 Å². The van der Waals surface area contributed by atoms with E-state index >= 15 is 0 Å². The van der Waals surface area contributed by atoms with Crippen molar-refractivity contribution in [1.29, 1.82) is 0 Å². The molecular formula is C21H29N. The monoisotopic (exact) mass is 295 g/mol. The number of nitrogens with zero attached hydrogens (tertiary/aromatic N) is 1. The average Bonchev–Trinajstić information content (AvgIpc) is 3.06. The van der Waals surface area contributed by atoms with E-state index in [1.165, 1.54) is 36.2 Å². The van der Waals surface area contributed by atoms with Crippen molar-refractivity contribution in [2.45, 2.75) is 46.1 Å². The zero-order chi connectivity index (χ0) is 15.8. The molecule has 1 heteroatoms. The number of benzene rings is 2. The molecule has 0 amide bonds. The second-order valence-electron chi connectivity index (χ2n) is 5.80. The molecule has 3 rings (SSSR count). The Kier molecular flexibility index (Phi) is 6.67. The third-order valence-electron chi connectivity index (χ3n) is 4.35. The molecule has 2 aromatic carbocycles. The molecule has 0 N–H and O–H groups in total. The quantitative estimate of drug-likeness (QED) is 0.743. The van der Waals surface area contributed by atoms with Crippen molar-refractivity contribution >= 4 is 0 Å². The summed E-state index contributed by atoms with van der Waals surface area (Å²) < 4.78 is 0. The Balaban J connectivity index is 0.000000847. The Morgan fingerprint density at radius 3 is 2.41 bits per heavy atom. The smallest absolute Gasteiger partial charge is 0.0233 e. The van der Waals surface area contributed by atoms with Gasteiger partial charge in [0.1, 0.15) is 0 Å². The van der Waals surface area contributed by atoms with Crippen LogP contribution >= 0.6 is 0 Å². The van der Waals surface area contributed by atoms with Crippen molar-refractivity contribution in [3.8, 4) is 0 Å². The lowest BCUT2D eigenvalue weighted by Crippen LogP contribution is -2.19. The van der Waals surface area contributed by atoms with Crippen molar-refractivity contribution in [3.05, 3.63) is 71.3 Å². The Morgan fingerprint density at radius 1 is 0.955 bits per heavy atom. The second kappa shape index (κ2) is 8.75. The van der Waals surface area contributed by atoms with Crippen LogP contribution in [0.3, 0.4) is 0 Å². The van der Waals surface area contributed by atoms with Crippen LogP contribution in [0.4, 0.5) is 0 Å². The Bertz CT molecular complexity index is 547. The predicted octanol–water partition coefficient (Wildman–Crippen LogP) is 5.26. The van der Waals surface area contributed by atoms with Crippen LogP contribution < -0.4 is 0 Å². The highest BCUT2D eigenvalue weighted by Crippen LogP contribution is 2.28. The topological polar surface area (TPSA) is 3.24 Å². The Labute approximate surface area is 136 Å². The minimum Gasteiger partial charge on any atom is -0.298 e. The van der Waals surface area contributed by atoms with Gasteiger partial charge in [-0.05, 0) is 42.0 Å². The van der Waals surface area contributed by atoms with E-state index in [1.807, 2.05) is 13.8 Å². The molecule has 1 fully saturated rings. The number of likely N-dealkylation sites (tertiary alicyclic amines) is 1. The van der Waals surface area contributed by atoms with E-state index in [0.717, 1.165) is 13.0 Å². The van der Waals surface area contributed by atoms with Crippen LogP contribution in [-0.4, -0.2) is 18.0 Å². The van der Waals surface area contributed by atoms with Gasteiger partial charge < -0.3 is 0 Å². The van der Waals surface area contributed by atoms with Crippen LogP contribution in [0.25, 0.3) is 0 Å². The number of aryl methyl sites for hydroxylation is 1. The van der Waals surface area contributed by atoms with Crippen LogP contribution in [0.15, 0.2) is 54.6 Å². The summed E-state index contributed by atoms with van der Waals surface area (Å²) in [7, 11) is 0. The van der Waals surface area contributed by atoms with Crippen LogP contribution in [0.5, 0.6) is 0 Å². The second-order valence-corrected chi connectivity index (χ2v) is 5.80. The van der Waals surface area contributed by atoms with Crippen molar-refractivity contribution in [2.24, 2.45) is 0 Å². The average molecular weight is 295 g/mol. The fourth-order valence-corrected chi connectivity index (χ4v) is 3.16. The predicted molar refractivity (Wildman–Crippen MR) is 96.2 cm³/mol. The van der Waals surface area contributed by atoms with Gasteiger partial charge in [-0.3, -0.25) is 4.90 Å². The van der Waals surface area contributed by atoms with Gasteiger partial charge in [0.15, 0.2) is 0 Å². The molecule has 1 aliphatic heterocycles. The molecule has 0 radical (unpaired) electrons. The first kappa shape index (κ1) is 16.8. The summed E-state index contributed by atoms with van der Waals surface area (Å²) in [5.74, 6) is 0.713. The minimum absolute atomic E-state index is 0.713. The van der Waals surface area contributed by atoms with Gasteiger partial charge in [0, 0.05) is 13.1 Å². The van der Waals surface area contributed by atoms with E-state index < -0.39 is 0 Å². The highest BCUT2D eigenvalue weighted by atomic mass is 15.1. The van der Waals surface area contributed by atoms with Crippen molar-refractivity contribution in [3.63, 3.8) is 0 Å². The maximum absolute atomic E-state index is 2.58. The molecule has 1 nitrogen and oxygen atoms in total. The zero-order valence-corrected chi connectivity index (χ0v) is 14.3. The molecule has 0 aromatic heterocycles. The third kappa shape index (κ3) is 4.45. The molecule has 0 bridgehead atoms. The summed E-state index contributed by atoms with van der Waals surface area (Å²) in [6, 6.07) is 20.0. The van der Waals surface area contributed by atoms with E-state index in [4.69, 9.17) is 0 Å². The summed E-state index contributed by atoms with van der Waals surface area (Å²) in [5.41, 5.74) is 4.42. The molecule has 2 aromatic rings. The van der Waals surface area contributed by atoms with E-state index in [2.05, 4.69) is 66.4 Å². The highest BCUT2D eigenvalue weighted by Gasteiger charge is 2.23. The molecule has 0 saturated carbocycles. The molecule has 22 heavy (non-hydrogen) atoms. The molecule has 1 saturated heterocycles. The van der Waals surface area contributed by atoms with Gasteiger partial charge in [0.25, 0.3) is 0 Å². The SMILES string of the molecule is CC.CCc1cccc(C2CCN(Cc3ccccc3)C2)c1. The normalized spacial score (nSPS) is 17.9. The maximum atomic E-state index is 2.58. The first-order valence-electron chi connectivity index (χ1n) is 8.70. The van der Waals surface area contributed by atoms with E-state index in [9.17, 15) is 0 Å². The fourth-order valence-electron chi connectivity index (χ4n) is 3.16. The van der Waals surface area contributed by atoms with Gasteiger partial charge in [0.2, 0.25) is 0 Å². The summed E-state index contributed by atoms with van der Waals surface area (Å²) in [4.78, 5) is 2.58. The van der Waals surface area contributed by atoms with Crippen molar-refractivity contribution in [1.82, 2.24) is 4.90 Å². The zero-order valence-electron chi connectivity index (χ0n) is 14.3. The molecule has 1 atom stereocenters. The van der Waals surface area contributed by atoms with Gasteiger partial charge in [0.05, 0.1) is 0 Å². The summed E-state index contributed by atoms with van der Waals surface area (Å²) in [6.07, 6.45) is 2.42. The van der Waals surface area contributed by atoms with Crippen molar-refractivity contribution < 1.29 is 0 Å². The van der Waals surface area contributed by atoms with Gasteiger partial charge in [-0.15, -0.1) is 0 Å². The highest BCUT2D eigenvalue weighted by molar-refractivity contribution is 5.27. The van der Waals surface area contributed by atoms with Crippen LogP contribution in [-0.2, 0) is 13.0 Å². The first-order chi connectivity index (χ1) is 10.8. The van der Waals surface area contributed by atoms with Crippen molar-refractivity contribution in [2.75, 3.05) is 13.1 Å². The van der Waals surface area contributed by atoms with Gasteiger partial charge in [-0.25, -0.2) is 0 Å². The number of rotatable bonds is 4. The summed E-state index contributed by atoms with van der Waals surface area (Å²) in [5, 5.41) is 0. The van der Waals surface area contributed by atoms with Gasteiger partial charge in [-0.2, -0.15) is 0 Å². The van der Waals surface area contributed by atoms with Crippen LogP contribution in [0.1, 0.15) is 49.8 Å². The molecule has 1 unspecified atom stereocenters. The van der Waals surface area contributed by atoms with E-state index in [-0.39, 0.29) is 0 Å². The lowest BCUT2D eigenvalue weighted by atomic mass is 9.96. The number of hydrogen-bond donors (Lipinski definition) is 0. The Hall–Kier alpha value is -1.60. The summed E-state index contributed by atoms with van der Waals surface area (Å²) >= 11 is 0. The standard InChI is InChI=1S/C19H23N.C2H6/c1-2-16-9-6-10-18(13-16)19-11-12-20(15-19)14-17-7-4-3-5-8-17;1-2/h3-10,13,19H,2,11-12,14-15H2,1H3;1-2H3. The minimum atomic E-state index is 0.713.